The van der Waals surface area contributed by atoms with Crippen LogP contribution in [0.4, 0.5) is 0 Å². The maximum atomic E-state index is 11.6. The van der Waals surface area contributed by atoms with Gasteiger partial charge in [-0.15, -0.1) is 0 Å². The van der Waals surface area contributed by atoms with Crippen LogP contribution in [0, 0.1) is 0 Å². The van der Waals surface area contributed by atoms with Gasteiger partial charge in [-0.05, 0) is 26.7 Å². The van der Waals surface area contributed by atoms with Gasteiger partial charge < -0.3 is 14.8 Å². The molecule has 1 heterocycles. The fourth-order valence-corrected chi connectivity index (χ4v) is 1.45. The fraction of sp³-hybridized carbons (Fsp3) is 0.900. The largest absolute Gasteiger partial charge is 0.381 e. The fourth-order valence-electron chi connectivity index (χ4n) is 1.45. The first-order chi connectivity index (χ1) is 6.57. The molecule has 14 heavy (non-hydrogen) atoms. The van der Waals surface area contributed by atoms with E-state index < -0.39 is 0 Å². The lowest BCUT2D eigenvalue weighted by Gasteiger charge is -2.35. The van der Waals surface area contributed by atoms with Gasteiger partial charge in [0.2, 0.25) is 5.91 Å². The summed E-state index contributed by atoms with van der Waals surface area (Å²) in [5.41, 5.74) is -0.123. The Bertz CT molecular complexity index is 200. The molecule has 0 saturated carbocycles. The third-order valence-electron chi connectivity index (χ3n) is 2.74. The molecule has 1 fully saturated rings. The van der Waals surface area contributed by atoms with Gasteiger partial charge in [0.15, 0.2) is 0 Å². The molecular formula is C10H19NO3. The van der Waals surface area contributed by atoms with Gasteiger partial charge in [0, 0.05) is 25.9 Å². The highest BCUT2D eigenvalue weighted by Gasteiger charge is 2.30. The summed E-state index contributed by atoms with van der Waals surface area (Å²) in [6.45, 7) is 5.24. The normalized spacial score (nSPS) is 22.8. The molecule has 1 atom stereocenters. The highest BCUT2D eigenvalue weighted by molar-refractivity contribution is 5.81. The molecule has 0 radical (unpaired) electrons. The lowest BCUT2D eigenvalue weighted by atomic mass is 9.92. The maximum absolute atomic E-state index is 11.6. The Morgan fingerprint density at radius 2 is 2.07 bits per heavy atom. The molecule has 1 unspecified atom stereocenters. The molecule has 0 aliphatic carbocycles. The standard InChI is InChI=1S/C10H19NO3/c1-8(13-3)9(12)11-10(2)4-6-14-7-5-10/h8H,4-7H2,1-3H3,(H,11,12). The van der Waals surface area contributed by atoms with Crippen LogP contribution in [0.3, 0.4) is 0 Å². The van der Waals surface area contributed by atoms with Crippen LogP contribution < -0.4 is 5.32 Å². The summed E-state index contributed by atoms with van der Waals surface area (Å²) in [6.07, 6.45) is 1.36. The number of carbonyl (C=O) groups excluding carboxylic acids is 1. The molecule has 0 spiro atoms. The summed E-state index contributed by atoms with van der Waals surface area (Å²) in [6, 6.07) is 0. The van der Waals surface area contributed by atoms with Gasteiger partial charge >= 0.3 is 0 Å². The molecule has 1 rings (SSSR count). The zero-order chi connectivity index (χ0) is 10.6. The van der Waals surface area contributed by atoms with Crippen molar-refractivity contribution in [2.24, 2.45) is 0 Å². The lowest BCUT2D eigenvalue weighted by Crippen LogP contribution is -2.52. The van der Waals surface area contributed by atoms with E-state index in [0.29, 0.717) is 0 Å². The van der Waals surface area contributed by atoms with E-state index in [4.69, 9.17) is 9.47 Å². The molecule has 0 bridgehead atoms. The second-order valence-electron chi connectivity index (χ2n) is 4.04. The number of carbonyl (C=O) groups is 1. The van der Waals surface area contributed by atoms with Crippen molar-refractivity contribution >= 4 is 5.91 Å². The van der Waals surface area contributed by atoms with Gasteiger partial charge in [-0.25, -0.2) is 0 Å². The molecule has 0 aromatic carbocycles. The number of methoxy groups -OCH3 is 1. The molecule has 1 aliphatic rings. The molecule has 0 aromatic rings. The molecule has 4 nitrogen and oxygen atoms in total. The van der Waals surface area contributed by atoms with Crippen molar-refractivity contribution in [3.63, 3.8) is 0 Å². The second-order valence-corrected chi connectivity index (χ2v) is 4.04. The summed E-state index contributed by atoms with van der Waals surface area (Å²) in [7, 11) is 1.54. The molecular weight excluding hydrogens is 182 g/mol. The van der Waals surface area contributed by atoms with Crippen LogP contribution >= 0.6 is 0 Å². The maximum Gasteiger partial charge on any atom is 0.249 e. The SMILES string of the molecule is COC(C)C(=O)NC1(C)CCOCC1. The first-order valence-corrected chi connectivity index (χ1v) is 5.00. The lowest BCUT2D eigenvalue weighted by molar-refractivity contribution is -0.133. The van der Waals surface area contributed by atoms with Crippen molar-refractivity contribution in [1.29, 1.82) is 0 Å². The van der Waals surface area contributed by atoms with Gasteiger partial charge in [-0.1, -0.05) is 0 Å². The zero-order valence-electron chi connectivity index (χ0n) is 9.13. The minimum Gasteiger partial charge on any atom is -0.381 e. The average molecular weight is 201 g/mol. The van der Waals surface area contributed by atoms with E-state index in [-0.39, 0.29) is 17.6 Å². The molecule has 82 valence electrons. The van der Waals surface area contributed by atoms with E-state index >= 15 is 0 Å². The Balaban J connectivity index is 2.44. The highest BCUT2D eigenvalue weighted by atomic mass is 16.5. The number of hydrogen-bond acceptors (Lipinski definition) is 3. The van der Waals surface area contributed by atoms with Crippen molar-refractivity contribution in [3.05, 3.63) is 0 Å². The van der Waals surface area contributed by atoms with E-state index in [1.807, 2.05) is 0 Å². The Morgan fingerprint density at radius 3 is 2.57 bits per heavy atom. The van der Waals surface area contributed by atoms with Gasteiger partial charge in [-0.2, -0.15) is 0 Å². The van der Waals surface area contributed by atoms with Crippen LogP contribution in [-0.4, -0.2) is 37.9 Å². The summed E-state index contributed by atoms with van der Waals surface area (Å²) >= 11 is 0. The Kier molecular flexibility index (Phi) is 3.89. The highest BCUT2D eigenvalue weighted by Crippen LogP contribution is 2.19. The van der Waals surface area contributed by atoms with Crippen molar-refractivity contribution < 1.29 is 14.3 Å². The number of ether oxygens (including phenoxy) is 2. The van der Waals surface area contributed by atoms with Crippen molar-refractivity contribution in [1.82, 2.24) is 5.32 Å². The van der Waals surface area contributed by atoms with Crippen LogP contribution in [0.15, 0.2) is 0 Å². The minimum atomic E-state index is -0.380. The summed E-state index contributed by atoms with van der Waals surface area (Å²) in [4.78, 5) is 11.6. The smallest absolute Gasteiger partial charge is 0.249 e. The van der Waals surface area contributed by atoms with E-state index in [1.54, 1.807) is 6.92 Å². The van der Waals surface area contributed by atoms with Crippen LogP contribution in [0.5, 0.6) is 0 Å². The first kappa shape index (κ1) is 11.5. The van der Waals surface area contributed by atoms with Crippen LogP contribution in [-0.2, 0) is 14.3 Å². The van der Waals surface area contributed by atoms with Crippen molar-refractivity contribution in [3.8, 4) is 0 Å². The van der Waals surface area contributed by atoms with Gasteiger partial charge in [0.25, 0.3) is 0 Å². The number of amides is 1. The topological polar surface area (TPSA) is 47.6 Å². The molecule has 0 aromatic heterocycles. The number of hydrogen-bond donors (Lipinski definition) is 1. The molecule has 1 amide bonds. The van der Waals surface area contributed by atoms with Crippen LogP contribution in [0.2, 0.25) is 0 Å². The predicted molar refractivity (Wildman–Crippen MR) is 53.1 cm³/mol. The quantitative estimate of drug-likeness (QED) is 0.731. The van der Waals surface area contributed by atoms with Gasteiger partial charge in [-0.3, -0.25) is 4.79 Å². The first-order valence-electron chi connectivity index (χ1n) is 5.00. The molecule has 1 aliphatic heterocycles. The molecule has 4 heteroatoms. The Labute approximate surface area is 85.0 Å². The van der Waals surface area contributed by atoms with Crippen molar-refractivity contribution in [2.75, 3.05) is 20.3 Å². The van der Waals surface area contributed by atoms with Gasteiger partial charge in [0.1, 0.15) is 6.10 Å². The summed E-state index contributed by atoms with van der Waals surface area (Å²) < 4.78 is 10.2. The minimum absolute atomic E-state index is 0.0445. The Hall–Kier alpha value is -0.610. The van der Waals surface area contributed by atoms with E-state index in [1.165, 1.54) is 7.11 Å². The number of rotatable bonds is 3. The Morgan fingerprint density at radius 1 is 1.50 bits per heavy atom. The van der Waals surface area contributed by atoms with E-state index in [0.717, 1.165) is 26.1 Å². The summed E-state index contributed by atoms with van der Waals surface area (Å²) in [5, 5.41) is 3.00. The number of nitrogens with one attached hydrogen (secondary N) is 1. The van der Waals surface area contributed by atoms with Crippen LogP contribution in [0.25, 0.3) is 0 Å². The second kappa shape index (κ2) is 4.75. The van der Waals surface area contributed by atoms with Crippen molar-refractivity contribution in [2.45, 2.75) is 38.3 Å². The van der Waals surface area contributed by atoms with E-state index in [9.17, 15) is 4.79 Å². The molecule has 1 N–H and O–H groups in total. The average Bonchev–Trinajstić information content (AvgIpc) is 2.17. The van der Waals surface area contributed by atoms with E-state index in [2.05, 4.69) is 12.2 Å². The van der Waals surface area contributed by atoms with Gasteiger partial charge in [0.05, 0.1) is 0 Å². The zero-order valence-corrected chi connectivity index (χ0v) is 9.13. The predicted octanol–water partition coefficient (Wildman–Crippen LogP) is 0.707. The third kappa shape index (κ3) is 2.96. The monoisotopic (exact) mass is 201 g/mol. The summed E-state index contributed by atoms with van der Waals surface area (Å²) in [5.74, 6) is -0.0445. The third-order valence-corrected chi connectivity index (χ3v) is 2.74. The van der Waals surface area contributed by atoms with Crippen LogP contribution in [0.1, 0.15) is 26.7 Å². The molecule has 1 saturated heterocycles.